The lowest BCUT2D eigenvalue weighted by molar-refractivity contribution is -0.140. The van der Waals surface area contributed by atoms with Gasteiger partial charge in [-0.05, 0) is 18.9 Å². The number of hydrogen-bond donors (Lipinski definition) is 2. The predicted molar refractivity (Wildman–Crippen MR) is 95.8 cm³/mol. The molecule has 1 aromatic carbocycles. The average Bonchev–Trinajstić information content (AvgIpc) is 3.01. The van der Waals surface area contributed by atoms with E-state index in [-0.39, 0.29) is 28.7 Å². The molecule has 0 aliphatic carbocycles. The summed E-state index contributed by atoms with van der Waals surface area (Å²) < 4.78 is 68.8. The second kappa shape index (κ2) is 7.04. The fourth-order valence-electron chi connectivity index (χ4n) is 3.52. The first-order valence-corrected chi connectivity index (χ1v) is 8.99. The molecular weight excluding hydrogens is 413 g/mol. The Morgan fingerprint density at radius 3 is 2.60 bits per heavy atom. The van der Waals surface area contributed by atoms with Crippen LogP contribution in [0.5, 0.6) is 5.75 Å². The van der Waals surface area contributed by atoms with Gasteiger partial charge >= 0.3 is 6.18 Å². The van der Waals surface area contributed by atoms with Gasteiger partial charge in [-0.25, -0.2) is 18.4 Å². The summed E-state index contributed by atoms with van der Waals surface area (Å²) in [6, 6.07) is 0.265. The zero-order valence-corrected chi connectivity index (χ0v) is 15.6. The molecule has 1 aliphatic rings. The monoisotopic (exact) mass is 429 g/mol. The minimum Gasteiger partial charge on any atom is -0.503 e. The molecule has 2 aromatic heterocycles. The third kappa shape index (κ3) is 3.30. The molecule has 4 rings (SSSR count). The Hall–Kier alpha value is -3.02. The zero-order valence-electron chi connectivity index (χ0n) is 15.6. The number of phenols is 1. The molecule has 0 spiro atoms. The van der Waals surface area contributed by atoms with Gasteiger partial charge in [-0.15, -0.1) is 0 Å². The van der Waals surface area contributed by atoms with Crippen molar-refractivity contribution in [3.63, 3.8) is 0 Å². The lowest BCUT2D eigenvalue weighted by Gasteiger charge is -2.29. The van der Waals surface area contributed by atoms with Gasteiger partial charge < -0.3 is 15.1 Å². The Kier molecular flexibility index (Phi) is 4.76. The van der Waals surface area contributed by atoms with Crippen LogP contribution < -0.4 is 4.90 Å². The molecule has 1 unspecified atom stereocenters. The second-order valence-electron chi connectivity index (χ2n) is 7.07. The highest BCUT2D eigenvalue weighted by Gasteiger charge is 2.38. The van der Waals surface area contributed by atoms with E-state index in [1.165, 1.54) is 17.9 Å². The van der Waals surface area contributed by atoms with Crippen molar-refractivity contribution < 1.29 is 32.2 Å². The fraction of sp³-hybridized carbons (Fsp3) is 0.389. The maximum Gasteiger partial charge on any atom is 0.419 e. The van der Waals surface area contributed by atoms with Crippen molar-refractivity contribution in [2.24, 2.45) is 7.05 Å². The first-order chi connectivity index (χ1) is 14.1. The average molecular weight is 429 g/mol. The molecule has 12 heteroatoms. The van der Waals surface area contributed by atoms with Gasteiger partial charge in [0.25, 0.3) is 0 Å². The van der Waals surface area contributed by atoms with Gasteiger partial charge in [0.05, 0.1) is 17.1 Å². The van der Waals surface area contributed by atoms with Gasteiger partial charge in [0.15, 0.2) is 23.0 Å². The van der Waals surface area contributed by atoms with Crippen molar-refractivity contribution in [3.05, 3.63) is 29.5 Å². The minimum atomic E-state index is -5.15. The number of anilines is 1. The van der Waals surface area contributed by atoms with Crippen molar-refractivity contribution in [2.45, 2.75) is 25.1 Å². The van der Waals surface area contributed by atoms with E-state index in [1.54, 1.807) is 4.90 Å². The van der Waals surface area contributed by atoms with Gasteiger partial charge in [0.2, 0.25) is 5.95 Å². The molecule has 3 aromatic rings. The molecule has 0 bridgehead atoms. The first-order valence-electron chi connectivity index (χ1n) is 8.99. The van der Waals surface area contributed by atoms with E-state index in [9.17, 15) is 32.2 Å². The number of aromatic hydroxyl groups is 1. The van der Waals surface area contributed by atoms with E-state index in [1.807, 2.05) is 0 Å². The number of hydrogen-bond acceptors (Lipinski definition) is 6. The molecule has 1 aliphatic heterocycles. The molecule has 160 valence electrons. The van der Waals surface area contributed by atoms with Crippen LogP contribution >= 0.6 is 0 Å². The van der Waals surface area contributed by atoms with Crippen LogP contribution in [-0.4, -0.2) is 49.2 Å². The molecule has 0 radical (unpaired) electrons. The van der Waals surface area contributed by atoms with Crippen molar-refractivity contribution in [1.82, 2.24) is 19.7 Å². The zero-order chi connectivity index (χ0) is 21.8. The summed E-state index contributed by atoms with van der Waals surface area (Å²) in [4.78, 5) is 10.3. The molecule has 3 heterocycles. The third-order valence-electron chi connectivity index (χ3n) is 4.98. The fourth-order valence-corrected chi connectivity index (χ4v) is 3.52. The summed E-state index contributed by atoms with van der Waals surface area (Å²) in [6.07, 6.45) is -3.01. The van der Waals surface area contributed by atoms with E-state index in [4.69, 9.17) is 0 Å². The number of nitrogens with zero attached hydrogens (tertiary/aromatic N) is 5. The summed E-state index contributed by atoms with van der Waals surface area (Å²) in [5.41, 5.74) is -2.60. The number of benzene rings is 1. The number of β-amino-alcohol motifs (C(OH)–C–C–N with tert-alkyl or cyclic N) is 1. The van der Waals surface area contributed by atoms with Crippen LogP contribution in [0.15, 0.2) is 12.3 Å². The standard InChI is InChI=1S/C18H16F5N5O2/c1-27-16-10(6-24-17(25-16)28-4-2-3-8(29)7-28)14(26-27)9-5-11(18(21,22)23)13(20)15(30)12(9)19/h5-6,8,29-30H,2-4,7H2,1H3. The Bertz CT molecular complexity index is 1130. The number of fused-ring (bicyclic) bond motifs is 1. The quantitative estimate of drug-likeness (QED) is 0.609. The maximum atomic E-state index is 14.5. The Morgan fingerprint density at radius 1 is 1.20 bits per heavy atom. The van der Waals surface area contributed by atoms with Crippen molar-refractivity contribution in [1.29, 1.82) is 0 Å². The van der Waals surface area contributed by atoms with Gasteiger partial charge in [-0.3, -0.25) is 0 Å². The Balaban J connectivity index is 1.86. The second-order valence-corrected chi connectivity index (χ2v) is 7.07. The molecule has 0 amide bonds. The molecule has 7 nitrogen and oxygen atoms in total. The predicted octanol–water partition coefficient (Wildman–Crippen LogP) is 2.99. The number of alkyl halides is 3. The van der Waals surface area contributed by atoms with Gasteiger partial charge in [0.1, 0.15) is 5.69 Å². The number of aliphatic hydroxyl groups is 1. The summed E-state index contributed by atoms with van der Waals surface area (Å²) in [5.74, 6) is -5.11. The molecule has 1 atom stereocenters. The van der Waals surface area contributed by atoms with Crippen molar-refractivity contribution in [3.8, 4) is 17.0 Å². The number of rotatable bonds is 2. The number of piperidine rings is 1. The first kappa shape index (κ1) is 20.3. The van der Waals surface area contributed by atoms with Crippen LogP contribution in [0.25, 0.3) is 22.3 Å². The largest absolute Gasteiger partial charge is 0.503 e. The third-order valence-corrected chi connectivity index (χ3v) is 4.98. The Morgan fingerprint density at radius 2 is 1.93 bits per heavy atom. The van der Waals surface area contributed by atoms with Gasteiger partial charge in [-0.2, -0.15) is 23.3 Å². The highest BCUT2D eigenvalue weighted by Crippen LogP contribution is 2.41. The molecule has 0 saturated carbocycles. The molecule has 2 N–H and O–H groups in total. The van der Waals surface area contributed by atoms with Gasteiger partial charge in [0, 0.05) is 31.9 Å². The van der Waals surface area contributed by atoms with E-state index in [2.05, 4.69) is 15.1 Å². The Labute approximate surface area is 166 Å². The summed E-state index contributed by atoms with van der Waals surface area (Å²) in [5, 5.41) is 23.5. The normalized spacial score (nSPS) is 17.7. The lowest BCUT2D eigenvalue weighted by Crippen LogP contribution is -2.39. The highest BCUT2D eigenvalue weighted by molar-refractivity contribution is 5.91. The summed E-state index contributed by atoms with van der Waals surface area (Å²) in [6.45, 7) is 0.939. The summed E-state index contributed by atoms with van der Waals surface area (Å²) in [7, 11) is 1.46. The summed E-state index contributed by atoms with van der Waals surface area (Å²) >= 11 is 0. The minimum absolute atomic E-state index is 0.122. The van der Waals surface area contributed by atoms with Crippen LogP contribution in [0.3, 0.4) is 0 Å². The number of aryl methyl sites for hydroxylation is 1. The van der Waals surface area contributed by atoms with Crippen LogP contribution in [0.4, 0.5) is 27.9 Å². The van der Waals surface area contributed by atoms with E-state index < -0.39 is 40.8 Å². The number of aromatic nitrogens is 4. The van der Waals surface area contributed by atoms with Crippen molar-refractivity contribution in [2.75, 3.05) is 18.0 Å². The topological polar surface area (TPSA) is 87.3 Å². The van der Waals surface area contributed by atoms with E-state index >= 15 is 0 Å². The number of aliphatic hydroxyl groups excluding tert-OH is 1. The van der Waals surface area contributed by atoms with E-state index in [0.717, 1.165) is 6.42 Å². The van der Waals surface area contributed by atoms with Gasteiger partial charge in [-0.1, -0.05) is 0 Å². The van der Waals surface area contributed by atoms with Crippen molar-refractivity contribution >= 4 is 17.0 Å². The highest BCUT2D eigenvalue weighted by atomic mass is 19.4. The number of halogens is 5. The van der Waals surface area contributed by atoms with Crippen LogP contribution in [-0.2, 0) is 13.2 Å². The van der Waals surface area contributed by atoms with Crippen LogP contribution in [0.1, 0.15) is 18.4 Å². The molecule has 1 fully saturated rings. The lowest BCUT2D eigenvalue weighted by atomic mass is 10.0. The van der Waals surface area contributed by atoms with E-state index in [0.29, 0.717) is 19.5 Å². The smallest absolute Gasteiger partial charge is 0.419 e. The number of phenolic OH excluding ortho intramolecular Hbond substituents is 1. The molecule has 1 saturated heterocycles. The van der Waals surface area contributed by atoms with Crippen LogP contribution in [0, 0.1) is 11.6 Å². The SMILES string of the molecule is Cn1nc(-c2cc(C(F)(F)F)c(F)c(O)c2F)c2cnc(N3CCCC(O)C3)nc21. The molecule has 30 heavy (non-hydrogen) atoms. The molecular formula is C18H16F5N5O2. The maximum absolute atomic E-state index is 14.5. The van der Waals surface area contributed by atoms with Crippen LogP contribution in [0.2, 0.25) is 0 Å².